The molecule has 1 rings (SSSR count). The van der Waals surface area contributed by atoms with Crippen LogP contribution in [0.1, 0.15) is 68.7 Å². The summed E-state index contributed by atoms with van der Waals surface area (Å²) in [6.45, 7) is 22.2. The van der Waals surface area contributed by atoms with Crippen LogP contribution in [0.15, 0.2) is 0 Å². The minimum Gasteiger partial charge on any atom is -0.0648 e. The van der Waals surface area contributed by atoms with Crippen LogP contribution in [0, 0.1) is 34.0 Å². The Bertz CT molecular complexity index is 261. The minimum absolute atomic E-state index is 0.441. The molecule has 0 aromatic heterocycles. The molecule has 1 saturated carbocycles. The number of hydrogen-bond acceptors (Lipinski definition) is 0. The minimum atomic E-state index is 0.441. The third-order valence-electron chi connectivity index (χ3n) is 7.34. The summed E-state index contributed by atoms with van der Waals surface area (Å²) in [5.74, 6) is 2.38. The first-order chi connectivity index (χ1) is 7.03. The van der Waals surface area contributed by atoms with Gasteiger partial charge in [-0.1, -0.05) is 62.3 Å². The molecule has 4 atom stereocenters. The Morgan fingerprint density at radius 3 is 1.62 bits per heavy atom. The third kappa shape index (κ3) is 1.48. The van der Waals surface area contributed by atoms with Gasteiger partial charge in [0.15, 0.2) is 0 Å². The van der Waals surface area contributed by atoms with Crippen LogP contribution in [0.3, 0.4) is 0 Å². The molecule has 0 spiro atoms. The molecule has 0 aromatic rings. The van der Waals surface area contributed by atoms with Crippen molar-refractivity contribution in [2.75, 3.05) is 0 Å². The summed E-state index contributed by atoms with van der Waals surface area (Å²) in [6.07, 6.45) is 1.29. The first-order valence-corrected chi connectivity index (χ1v) is 7.03. The van der Waals surface area contributed by atoms with E-state index in [0.29, 0.717) is 16.2 Å². The van der Waals surface area contributed by atoms with Gasteiger partial charge in [-0.15, -0.1) is 0 Å². The first kappa shape index (κ1) is 14.1. The average Bonchev–Trinajstić information content (AvgIpc) is 2.22. The van der Waals surface area contributed by atoms with E-state index in [-0.39, 0.29) is 0 Å². The lowest BCUT2D eigenvalue weighted by Gasteiger charge is -2.64. The normalized spacial score (nSPS) is 46.7. The zero-order valence-corrected chi connectivity index (χ0v) is 12.9. The van der Waals surface area contributed by atoms with E-state index in [1.807, 2.05) is 0 Å². The molecule has 1 fully saturated rings. The van der Waals surface area contributed by atoms with Crippen LogP contribution in [-0.2, 0) is 0 Å². The van der Waals surface area contributed by atoms with Crippen LogP contribution in [-0.4, -0.2) is 0 Å². The molecular weight excluding hydrogens is 192 g/mol. The summed E-state index contributed by atoms with van der Waals surface area (Å²) in [5, 5.41) is 0. The summed E-state index contributed by atoms with van der Waals surface area (Å²) in [5.41, 5.74) is 1.36. The van der Waals surface area contributed by atoms with Crippen molar-refractivity contribution in [3.8, 4) is 0 Å². The lowest BCUT2D eigenvalue weighted by molar-refractivity contribution is -0.159. The largest absolute Gasteiger partial charge is 0.0648 e. The fraction of sp³-hybridized carbons (Fsp3) is 1.00. The van der Waals surface area contributed by atoms with Gasteiger partial charge >= 0.3 is 0 Å². The quantitative estimate of drug-likeness (QED) is 0.561. The average molecular weight is 224 g/mol. The highest BCUT2D eigenvalue weighted by atomic mass is 14.6. The topological polar surface area (TPSA) is 0 Å². The Morgan fingerprint density at radius 2 is 1.25 bits per heavy atom. The second-order valence-electron chi connectivity index (χ2n) is 7.61. The van der Waals surface area contributed by atoms with Gasteiger partial charge in [-0.25, -0.2) is 0 Å². The molecule has 0 radical (unpaired) electrons. The van der Waals surface area contributed by atoms with Gasteiger partial charge in [0.25, 0.3) is 0 Å². The fourth-order valence-corrected chi connectivity index (χ4v) is 4.32. The van der Waals surface area contributed by atoms with Crippen molar-refractivity contribution in [1.82, 2.24) is 0 Å². The van der Waals surface area contributed by atoms with Gasteiger partial charge in [-0.05, 0) is 40.4 Å². The Kier molecular flexibility index (Phi) is 3.30. The maximum Gasteiger partial charge on any atom is -0.0244 e. The molecule has 0 heterocycles. The summed E-state index contributed by atoms with van der Waals surface area (Å²) in [4.78, 5) is 0. The van der Waals surface area contributed by atoms with E-state index < -0.39 is 0 Å². The van der Waals surface area contributed by atoms with E-state index in [4.69, 9.17) is 0 Å². The van der Waals surface area contributed by atoms with Crippen LogP contribution in [0.2, 0.25) is 0 Å². The highest BCUT2D eigenvalue weighted by Gasteiger charge is 2.58. The Balaban J connectivity index is 3.29. The van der Waals surface area contributed by atoms with E-state index in [9.17, 15) is 0 Å². The molecule has 0 N–H and O–H groups in total. The predicted molar refractivity (Wildman–Crippen MR) is 73.5 cm³/mol. The molecule has 0 heteroatoms. The van der Waals surface area contributed by atoms with Crippen LogP contribution in [0.4, 0.5) is 0 Å². The molecule has 0 saturated heterocycles. The fourth-order valence-electron chi connectivity index (χ4n) is 4.32. The predicted octanol–water partition coefficient (Wildman–Crippen LogP) is 5.38. The van der Waals surface area contributed by atoms with Gasteiger partial charge < -0.3 is 0 Å². The van der Waals surface area contributed by atoms with E-state index in [1.165, 1.54) is 6.42 Å². The second kappa shape index (κ2) is 3.75. The van der Waals surface area contributed by atoms with Crippen molar-refractivity contribution in [3.05, 3.63) is 0 Å². The van der Waals surface area contributed by atoms with Crippen LogP contribution in [0.25, 0.3) is 0 Å². The van der Waals surface area contributed by atoms with Crippen molar-refractivity contribution in [2.24, 2.45) is 34.0 Å². The summed E-state index contributed by atoms with van der Waals surface area (Å²) >= 11 is 0. The van der Waals surface area contributed by atoms with Crippen molar-refractivity contribution in [2.45, 2.75) is 68.7 Å². The van der Waals surface area contributed by atoms with Crippen molar-refractivity contribution >= 4 is 0 Å². The summed E-state index contributed by atoms with van der Waals surface area (Å²) in [6, 6.07) is 0. The first-order valence-electron chi connectivity index (χ1n) is 7.03. The molecule has 1 aliphatic carbocycles. The maximum atomic E-state index is 2.52. The number of rotatable bonds is 1. The maximum absolute atomic E-state index is 2.52. The smallest absolute Gasteiger partial charge is 0.0244 e. The Hall–Kier alpha value is 0. The van der Waals surface area contributed by atoms with Crippen LogP contribution in [0.5, 0.6) is 0 Å². The highest BCUT2D eigenvalue weighted by Crippen LogP contribution is 2.65. The Morgan fingerprint density at radius 1 is 0.812 bits per heavy atom. The van der Waals surface area contributed by atoms with E-state index in [2.05, 4.69) is 62.3 Å². The molecule has 0 amide bonds. The lowest BCUT2D eigenvalue weighted by atomic mass is 9.41. The van der Waals surface area contributed by atoms with Gasteiger partial charge in [0.05, 0.1) is 0 Å². The van der Waals surface area contributed by atoms with Crippen molar-refractivity contribution in [1.29, 1.82) is 0 Å². The van der Waals surface area contributed by atoms with Gasteiger partial charge in [-0.3, -0.25) is 0 Å². The zero-order chi connectivity index (χ0) is 12.9. The SMILES string of the molecule is CCC1(C)C(C)C(C)(C)C(C)C(C)C1(C)C. The molecule has 96 valence electrons. The van der Waals surface area contributed by atoms with E-state index in [1.54, 1.807) is 0 Å². The van der Waals surface area contributed by atoms with Gasteiger partial charge in [0.1, 0.15) is 0 Å². The van der Waals surface area contributed by atoms with Gasteiger partial charge in [0, 0.05) is 0 Å². The molecule has 16 heavy (non-hydrogen) atoms. The molecule has 0 bridgehead atoms. The van der Waals surface area contributed by atoms with Crippen LogP contribution >= 0.6 is 0 Å². The molecule has 1 aliphatic rings. The molecule has 0 aliphatic heterocycles. The molecular formula is C16H32. The summed E-state index contributed by atoms with van der Waals surface area (Å²) < 4.78 is 0. The van der Waals surface area contributed by atoms with Gasteiger partial charge in [0.2, 0.25) is 0 Å². The lowest BCUT2D eigenvalue weighted by Crippen LogP contribution is -2.58. The third-order valence-corrected chi connectivity index (χ3v) is 7.34. The van der Waals surface area contributed by atoms with Crippen molar-refractivity contribution in [3.63, 3.8) is 0 Å². The van der Waals surface area contributed by atoms with Crippen LogP contribution < -0.4 is 0 Å². The molecule has 0 nitrogen and oxygen atoms in total. The molecule has 4 unspecified atom stereocenters. The highest BCUT2D eigenvalue weighted by molar-refractivity contribution is 5.06. The zero-order valence-electron chi connectivity index (χ0n) is 12.9. The van der Waals surface area contributed by atoms with Gasteiger partial charge in [-0.2, -0.15) is 0 Å². The standard InChI is InChI=1S/C16H32/c1-10-16(9)13(4)14(5,6)11(2)12(3)15(16,7)8/h11-13H,10H2,1-9H3. The Labute approximate surface area is 103 Å². The van der Waals surface area contributed by atoms with Crippen molar-refractivity contribution < 1.29 is 0 Å². The second-order valence-corrected chi connectivity index (χ2v) is 7.61. The van der Waals surface area contributed by atoms with E-state index in [0.717, 1.165) is 17.8 Å². The summed E-state index contributed by atoms with van der Waals surface area (Å²) in [7, 11) is 0. The monoisotopic (exact) mass is 224 g/mol. The van der Waals surface area contributed by atoms with E-state index >= 15 is 0 Å². The molecule has 0 aromatic carbocycles. The number of hydrogen-bond donors (Lipinski definition) is 0.